The van der Waals surface area contributed by atoms with Gasteiger partial charge in [0.2, 0.25) is 0 Å². The van der Waals surface area contributed by atoms with Crippen LogP contribution in [0.3, 0.4) is 0 Å². The van der Waals surface area contributed by atoms with Gasteiger partial charge in [-0.1, -0.05) is 72.2 Å². The number of anilines is 2. The highest BCUT2D eigenvalue weighted by molar-refractivity contribution is 6.35. The molecule has 2 aliphatic heterocycles. The van der Waals surface area contributed by atoms with Crippen molar-refractivity contribution in [1.82, 2.24) is 0 Å². The van der Waals surface area contributed by atoms with Crippen molar-refractivity contribution >= 4 is 63.7 Å². The summed E-state index contributed by atoms with van der Waals surface area (Å²) >= 11 is 0. The van der Waals surface area contributed by atoms with E-state index in [1.807, 2.05) is 60.7 Å². The van der Waals surface area contributed by atoms with Crippen LogP contribution in [-0.2, 0) is 0 Å². The Morgan fingerprint density at radius 3 is 1.17 bits per heavy atom. The summed E-state index contributed by atoms with van der Waals surface area (Å²) in [7, 11) is 0. The number of hydrogen-bond donors (Lipinski definition) is 0. The highest BCUT2D eigenvalue weighted by Crippen LogP contribution is 2.32. The maximum Gasteiger partial charge on any atom is 0.343 e. The lowest BCUT2D eigenvalue weighted by atomic mass is 10.1. The number of hydrogen-bond acceptors (Lipinski definition) is 10. The molecule has 0 unspecified atom stereocenters. The third kappa shape index (κ3) is 9.53. The zero-order valence-electron chi connectivity index (χ0n) is 39.1. The van der Waals surface area contributed by atoms with Crippen LogP contribution < -0.4 is 24.0 Å². The number of imide groups is 2. The first-order valence-corrected chi connectivity index (χ1v) is 23.2. The van der Waals surface area contributed by atoms with Gasteiger partial charge in [0, 0.05) is 22.3 Å². The molecule has 11 rings (SSSR count). The Balaban J connectivity index is 0.673. The van der Waals surface area contributed by atoms with Crippen molar-refractivity contribution in [1.29, 1.82) is 0 Å². The van der Waals surface area contributed by atoms with Crippen LogP contribution in [0.1, 0.15) is 94.8 Å². The van der Waals surface area contributed by atoms with E-state index in [0.29, 0.717) is 27.6 Å². The summed E-state index contributed by atoms with van der Waals surface area (Å²) in [6.45, 7) is 0. The molecule has 0 N–H and O–H groups in total. The molecule has 4 amide bonds. The lowest BCUT2D eigenvalue weighted by Gasteiger charge is -2.14. The minimum Gasteiger partial charge on any atom is -0.423 e. The molecule has 0 saturated heterocycles. The fraction of sp³-hybridized carbons (Fsp3) is 0. The van der Waals surface area contributed by atoms with E-state index in [4.69, 9.17) is 14.2 Å². The average molecular weight is 979 g/mol. The SMILES string of the molecule is O=C(Oc1ccc(C(=O)Oc2ccc3cc(C(=O)Oc4ccc(N5C(=O)c6ccc(C#Cc7ccccc7)cc6C5=O)cc4)ccc3c2)cc1)c1ccc(N2C(=O)c3ccc(C#Cc4ccccc4)cc3C2=O)cc1. The molecule has 2 heterocycles. The van der Waals surface area contributed by atoms with Crippen molar-refractivity contribution in [3.05, 3.63) is 267 Å². The van der Waals surface area contributed by atoms with E-state index in [0.717, 1.165) is 20.9 Å². The summed E-state index contributed by atoms with van der Waals surface area (Å²) in [5, 5.41) is 1.35. The summed E-state index contributed by atoms with van der Waals surface area (Å²) in [5.41, 5.74) is 5.02. The zero-order chi connectivity index (χ0) is 51.6. The lowest BCUT2D eigenvalue weighted by molar-refractivity contribution is 0.0723. The van der Waals surface area contributed by atoms with Gasteiger partial charge in [-0.15, -0.1) is 0 Å². The van der Waals surface area contributed by atoms with Gasteiger partial charge in [0.1, 0.15) is 17.2 Å². The van der Waals surface area contributed by atoms with Gasteiger partial charge in [0.05, 0.1) is 50.3 Å². The fourth-order valence-corrected chi connectivity index (χ4v) is 8.42. The zero-order valence-corrected chi connectivity index (χ0v) is 39.1. The predicted molar refractivity (Wildman–Crippen MR) is 278 cm³/mol. The van der Waals surface area contributed by atoms with Crippen LogP contribution in [0.2, 0.25) is 0 Å². The summed E-state index contributed by atoms with van der Waals surface area (Å²) < 4.78 is 16.8. The van der Waals surface area contributed by atoms with E-state index < -0.39 is 41.5 Å². The van der Waals surface area contributed by atoms with Gasteiger partial charge in [0.15, 0.2) is 0 Å². The molecule has 0 bridgehead atoms. The Hall–Kier alpha value is -11.0. The van der Waals surface area contributed by atoms with Crippen molar-refractivity contribution in [2.75, 3.05) is 9.80 Å². The molecule has 75 heavy (non-hydrogen) atoms. The Morgan fingerprint density at radius 2 is 0.667 bits per heavy atom. The first-order valence-electron chi connectivity index (χ1n) is 23.2. The Kier molecular flexibility index (Phi) is 12.2. The van der Waals surface area contributed by atoms with Gasteiger partial charge >= 0.3 is 17.9 Å². The van der Waals surface area contributed by atoms with Gasteiger partial charge in [-0.2, -0.15) is 0 Å². The molecule has 0 saturated carbocycles. The highest BCUT2D eigenvalue weighted by atomic mass is 16.5. The largest absolute Gasteiger partial charge is 0.423 e. The predicted octanol–water partition coefficient (Wildman–Crippen LogP) is 10.9. The molecule has 2 aliphatic rings. The number of carbonyl (C=O) groups is 7. The molecular formula is C63H34N2O10. The van der Waals surface area contributed by atoms with E-state index in [1.165, 1.54) is 72.8 Å². The first kappa shape index (κ1) is 46.4. The molecule has 356 valence electrons. The van der Waals surface area contributed by atoms with Crippen LogP contribution in [0.15, 0.2) is 206 Å². The Bertz CT molecular complexity index is 4000. The van der Waals surface area contributed by atoms with Gasteiger partial charge in [0.25, 0.3) is 23.6 Å². The number of rotatable bonds is 8. The fourth-order valence-electron chi connectivity index (χ4n) is 8.42. The average Bonchev–Trinajstić information content (AvgIpc) is 3.85. The maximum atomic E-state index is 13.4. The van der Waals surface area contributed by atoms with Crippen molar-refractivity contribution in [3.63, 3.8) is 0 Å². The highest BCUT2D eigenvalue weighted by Gasteiger charge is 2.38. The van der Waals surface area contributed by atoms with E-state index in [2.05, 4.69) is 23.7 Å². The molecule has 12 nitrogen and oxygen atoms in total. The number of esters is 3. The second-order valence-corrected chi connectivity index (χ2v) is 17.1. The molecule has 0 radical (unpaired) electrons. The van der Waals surface area contributed by atoms with Crippen LogP contribution in [0.4, 0.5) is 11.4 Å². The van der Waals surface area contributed by atoms with Gasteiger partial charge in [-0.25, -0.2) is 24.2 Å². The van der Waals surface area contributed by atoms with E-state index in [9.17, 15) is 33.6 Å². The Morgan fingerprint density at radius 1 is 0.307 bits per heavy atom. The number of fused-ring (bicyclic) bond motifs is 3. The minimum absolute atomic E-state index is 0.158. The van der Waals surface area contributed by atoms with Crippen LogP contribution in [0.5, 0.6) is 17.2 Å². The minimum atomic E-state index is -0.703. The monoisotopic (exact) mass is 978 g/mol. The summed E-state index contributed by atoms with van der Waals surface area (Å²) in [5.74, 6) is 8.83. The number of nitrogens with zero attached hydrogens (tertiary/aromatic N) is 2. The van der Waals surface area contributed by atoms with E-state index >= 15 is 0 Å². The van der Waals surface area contributed by atoms with Crippen molar-refractivity contribution < 1.29 is 47.8 Å². The van der Waals surface area contributed by atoms with Gasteiger partial charge in [-0.3, -0.25) is 19.2 Å². The number of carbonyl (C=O) groups excluding carboxylic acids is 7. The van der Waals surface area contributed by atoms with Crippen LogP contribution in [-0.4, -0.2) is 41.5 Å². The molecule has 0 aromatic heterocycles. The normalized spacial score (nSPS) is 12.3. The number of amides is 4. The standard InChI is InChI=1S/C63H34N2O10/c66-57-53-33-15-41(13-11-39-7-3-1-4-8-39)35-55(53)59(68)64(57)48-24-19-43(20-25-48)61(70)73-50-28-21-44(22-29-50)62(71)75-52-30-23-45-37-47(18-17-46(45)38-52)63(72)74-51-31-26-49(27-32-51)65-58(67)54-34-16-42(36-56(54)60(65)69)14-12-40-9-5-2-6-10-40/h1-10,15-38H. The molecule has 0 atom stereocenters. The molecular weight excluding hydrogens is 945 g/mol. The molecule has 9 aromatic carbocycles. The second kappa shape index (κ2) is 19.7. The molecule has 0 fully saturated rings. The van der Waals surface area contributed by atoms with Crippen molar-refractivity contribution in [2.24, 2.45) is 0 Å². The van der Waals surface area contributed by atoms with Crippen LogP contribution in [0.25, 0.3) is 10.8 Å². The maximum absolute atomic E-state index is 13.4. The molecule has 0 spiro atoms. The van der Waals surface area contributed by atoms with E-state index in [-0.39, 0.29) is 61.9 Å². The summed E-state index contributed by atoms with van der Waals surface area (Å²) in [6, 6.07) is 56.2. The third-order valence-electron chi connectivity index (χ3n) is 12.2. The van der Waals surface area contributed by atoms with Gasteiger partial charge < -0.3 is 14.2 Å². The smallest absolute Gasteiger partial charge is 0.343 e. The molecule has 9 aromatic rings. The van der Waals surface area contributed by atoms with Crippen molar-refractivity contribution in [2.45, 2.75) is 0 Å². The van der Waals surface area contributed by atoms with E-state index in [1.54, 1.807) is 72.8 Å². The third-order valence-corrected chi connectivity index (χ3v) is 12.2. The number of ether oxygens (including phenoxy) is 3. The second-order valence-electron chi connectivity index (χ2n) is 17.1. The molecule has 0 aliphatic carbocycles. The first-order chi connectivity index (χ1) is 36.5. The van der Waals surface area contributed by atoms with Gasteiger partial charge in [-0.05, 0) is 168 Å². The topological polar surface area (TPSA) is 154 Å². The summed E-state index contributed by atoms with van der Waals surface area (Å²) in [4.78, 5) is 95.0. The summed E-state index contributed by atoms with van der Waals surface area (Å²) in [6.07, 6.45) is 0. The number of benzene rings is 9. The lowest BCUT2D eigenvalue weighted by Crippen LogP contribution is -2.29. The Labute approximate surface area is 428 Å². The quantitative estimate of drug-likeness (QED) is 0.0622. The van der Waals surface area contributed by atoms with Crippen molar-refractivity contribution in [3.8, 4) is 40.9 Å². The van der Waals surface area contributed by atoms with Crippen LogP contribution >= 0.6 is 0 Å². The molecule has 12 heteroatoms. The van der Waals surface area contributed by atoms with Crippen LogP contribution in [0, 0.1) is 23.7 Å².